The summed E-state index contributed by atoms with van der Waals surface area (Å²) in [5, 5.41) is 0.898. The molecule has 4 rings (SSSR count). The van der Waals surface area contributed by atoms with Crippen molar-refractivity contribution in [3.8, 4) is 0 Å². The molecule has 0 aliphatic carbocycles. The summed E-state index contributed by atoms with van der Waals surface area (Å²) in [6, 6.07) is 16.4. The topological polar surface area (TPSA) is 93.6 Å². The summed E-state index contributed by atoms with van der Waals surface area (Å²) in [6.45, 7) is 0.578. The number of aromatic nitrogens is 1. The van der Waals surface area contributed by atoms with Gasteiger partial charge in [-0.2, -0.15) is 4.31 Å². The molecule has 0 radical (unpaired) electrons. The Morgan fingerprint density at radius 1 is 0.903 bits per heavy atom. The molecule has 2 heterocycles. The second kappa shape index (κ2) is 8.95. The van der Waals surface area contributed by atoms with Crippen LogP contribution in [0.4, 0.5) is 0 Å². The third-order valence-electron chi connectivity index (χ3n) is 5.27. The molecule has 31 heavy (non-hydrogen) atoms. The van der Waals surface area contributed by atoms with Crippen LogP contribution in [0.3, 0.4) is 0 Å². The van der Waals surface area contributed by atoms with Gasteiger partial charge < -0.3 is 4.74 Å². The summed E-state index contributed by atoms with van der Waals surface area (Å²) in [4.78, 5) is 29.1. The summed E-state index contributed by atoms with van der Waals surface area (Å²) in [5.74, 6) is -1.11. The van der Waals surface area contributed by atoms with Gasteiger partial charge in [0.05, 0.1) is 10.4 Å². The number of Topliss-reactive ketones (excluding diaryl/α,β-unsaturated/α-hetero) is 1. The van der Waals surface area contributed by atoms with E-state index in [9.17, 15) is 18.0 Å². The minimum Gasteiger partial charge on any atom is -0.453 e. The molecule has 1 aromatic heterocycles. The van der Waals surface area contributed by atoms with Crippen LogP contribution in [0.25, 0.3) is 10.9 Å². The first-order valence-electron chi connectivity index (χ1n) is 10.1. The molecular weight excluding hydrogens is 416 g/mol. The van der Waals surface area contributed by atoms with Gasteiger partial charge in [-0.25, -0.2) is 18.2 Å². The predicted octanol–water partition coefficient (Wildman–Crippen LogP) is 3.45. The number of pyridine rings is 1. The van der Waals surface area contributed by atoms with E-state index in [2.05, 4.69) is 4.98 Å². The number of para-hydroxylation sites is 1. The summed E-state index contributed by atoms with van der Waals surface area (Å²) < 4.78 is 32.0. The molecule has 0 unspecified atom stereocenters. The zero-order valence-corrected chi connectivity index (χ0v) is 17.7. The molecule has 0 N–H and O–H groups in total. The van der Waals surface area contributed by atoms with Gasteiger partial charge in [-0.05, 0) is 49.2 Å². The van der Waals surface area contributed by atoms with Gasteiger partial charge in [0, 0.05) is 24.0 Å². The van der Waals surface area contributed by atoms with Crippen molar-refractivity contribution in [1.82, 2.24) is 9.29 Å². The highest BCUT2D eigenvalue weighted by molar-refractivity contribution is 7.89. The molecule has 0 amide bonds. The maximum Gasteiger partial charge on any atom is 0.357 e. The average molecular weight is 439 g/mol. The van der Waals surface area contributed by atoms with Crippen LogP contribution < -0.4 is 0 Å². The van der Waals surface area contributed by atoms with E-state index in [1.54, 1.807) is 18.2 Å². The smallest absolute Gasteiger partial charge is 0.357 e. The number of fused-ring (bicyclic) bond motifs is 1. The zero-order chi connectivity index (χ0) is 21.8. The van der Waals surface area contributed by atoms with E-state index in [1.807, 2.05) is 18.2 Å². The largest absolute Gasteiger partial charge is 0.453 e. The summed E-state index contributed by atoms with van der Waals surface area (Å²) in [5.41, 5.74) is 1.06. The Morgan fingerprint density at radius 3 is 2.35 bits per heavy atom. The minimum atomic E-state index is -3.56. The Hall–Kier alpha value is -3.10. The number of hydrogen-bond donors (Lipinski definition) is 0. The number of nitrogens with zero attached hydrogens (tertiary/aromatic N) is 2. The summed E-state index contributed by atoms with van der Waals surface area (Å²) >= 11 is 0. The van der Waals surface area contributed by atoms with Crippen molar-refractivity contribution in [2.75, 3.05) is 19.7 Å². The van der Waals surface area contributed by atoms with Crippen molar-refractivity contribution in [2.45, 2.75) is 24.2 Å². The fraction of sp³-hybridized carbons (Fsp3) is 0.261. The van der Waals surface area contributed by atoms with Gasteiger partial charge in [-0.3, -0.25) is 4.79 Å². The van der Waals surface area contributed by atoms with Crippen LogP contribution in [0.15, 0.2) is 65.6 Å². The molecule has 7 nitrogen and oxygen atoms in total. The van der Waals surface area contributed by atoms with Crippen LogP contribution in [0.1, 0.15) is 40.1 Å². The molecular formula is C23H22N2O5S. The van der Waals surface area contributed by atoms with Crippen molar-refractivity contribution in [1.29, 1.82) is 0 Å². The van der Waals surface area contributed by atoms with Crippen molar-refractivity contribution >= 4 is 32.7 Å². The number of benzene rings is 2. The van der Waals surface area contributed by atoms with E-state index < -0.39 is 28.4 Å². The van der Waals surface area contributed by atoms with Crippen molar-refractivity contribution in [3.63, 3.8) is 0 Å². The average Bonchev–Trinajstić information content (AvgIpc) is 2.82. The molecule has 1 fully saturated rings. The van der Waals surface area contributed by atoms with Crippen LogP contribution in [-0.4, -0.2) is 49.2 Å². The second-order valence-corrected chi connectivity index (χ2v) is 9.32. The van der Waals surface area contributed by atoms with Gasteiger partial charge in [0.1, 0.15) is 5.69 Å². The summed E-state index contributed by atoms with van der Waals surface area (Å²) in [7, 11) is -3.56. The van der Waals surface area contributed by atoms with Crippen LogP contribution in [-0.2, 0) is 14.8 Å². The van der Waals surface area contributed by atoms with Crippen molar-refractivity contribution in [3.05, 3.63) is 71.9 Å². The normalized spacial score (nSPS) is 15.0. The minimum absolute atomic E-state index is 0.120. The Balaban J connectivity index is 1.39. The lowest BCUT2D eigenvalue weighted by molar-refractivity contribution is 0.0469. The molecule has 0 atom stereocenters. The number of ketones is 1. The number of piperidine rings is 1. The van der Waals surface area contributed by atoms with Crippen molar-refractivity contribution < 1.29 is 22.7 Å². The molecule has 0 saturated carbocycles. The Kier molecular flexibility index (Phi) is 6.11. The van der Waals surface area contributed by atoms with E-state index >= 15 is 0 Å². The highest BCUT2D eigenvalue weighted by Crippen LogP contribution is 2.21. The van der Waals surface area contributed by atoms with E-state index in [4.69, 9.17) is 4.74 Å². The fourth-order valence-electron chi connectivity index (χ4n) is 3.54. The number of carbonyl (C=O) groups is 2. The molecule has 8 heteroatoms. The van der Waals surface area contributed by atoms with Gasteiger partial charge in [0.15, 0.2) is 12.4 Å². The number of carbonyl (C=O) groups excluding carboxylic acids is 2. The first kappa shape index (κ1) is 21.1. The quantitative estimate of drug-likeness (QED) is 0.432. The third-order valence-corrected chi connectivity index (χ3v) is 7.18. The SMILES string of the molecule is O=C(COC(=O)c1ccc2ccccc2n1)c1ccc(S(=O)(=O)N2CCCCC2)cc1. The molecule has 160 valence electrons. The zero-order valence-electron chi connectivity index (χ0n) is 16.9. The predicted molar refractivity (Wildman–Crippen MR) is 115 cm³/mol. The van der Waals surface area contributed by atoms with E-state index in [0.29, 0.717) is 18.6 Å². The van der Waals surface area contributed by atoms with Crippen LogP contribution in [0.5, 0.6) is 0 Å². The standard InChI is InChI=1S/C23H22N2O5S/c26-22(16-30-23(27)21-13-10-17-6-2-3-7-20(17)24-21)18-8-11-19(12-9-18)31(28,29)25-14-4-1-5-15-25/h2-3,6-13H,1,4-5,14-16H2. The number of sulfonamides is 1. The summed E-state index contributed by atoms with van der Waals surface area (Å²) in [6.07, 6.45) is 2.74. The molecule has 2 aromatic carbocycles. The lowest BCUT2D eigenvalue weighted by atomic mass is 10.1. The molecule has 1 aliphatic heterocycles. The number of hydrogen-bond acceptors (Lipinski definition) is 6. The maximum atomic E-state index is 12.7. The molecule has 0 spiro atoms. The highest BCUT2D eigenvalue weighted by atomic mass is 32.2. The lowest BCUT2D eigenvalue weighted by Crippen LogP contribution is -2.35. The van der Waals surface area contributed by atoms with Gasteiger partial charge in [-0.1, -0.05) is 30.7 Å². The first-order valence-corrected chi connectivity index (χ1v) is 11.6. The van der Waals surface area contributed by atoms with E-state index in [1.165, 1.54) is 28.6 Å². The van der Waals surface area contributed by atoms with Crippen molar-refractivity contribution in [2.24, 2.45) is 0 Å². The Labute approximate surface area is 180 Å². The Bertz CT molecular complexity index is 1220. The van der Waals surface area contributed by atoms with E-state index in [-0.39, 0.29) is 16.2 Å². The monoisotopic (exact) mass is 438 g/mol. The number of ether oxygens (including phenoxy) is 1. The highest BCUT2D eigenvalue weighted by Gasteiger charge is 2.26. The van der Waals surface area contributed by atoms with Gasteiger partial charge in [-0.15, -0.1) is 0 Å². The van der Waals surface area contributed by atoms with E-state index in [0.717, 1.165) is 24.6 Å². The maximum absolute atomic E-state index is 12.7. The number of rotatable bonds is 6. The lowest BCUT2D eigenvalue weighted by Gasteiger charge is -2.25. The van der Waals surface area contributed by atoms with Crippen LogP contribution >= 0.6 is 0 Å². The molecule has 1 saturated heterocycles. The fourth-order valence-corrected chi connectivity index (χ4v) is 5.05. The molecule has 1 aliphatic rings. The van der Waals surface area contributed by atoms with Gasteiger partial charge in [0.25, 0.3) is 0 Å². The Morgan fingerprint density at radius 2 is 1.61 bits per heavy atom. The third kappa shape index (κ3) is 4.65. The van der Waals surface area contributed by atoms with Crippen LogP contribution in [0.2, 0.25) is 0 Å². The van der Waals surface area contributed by atoms with Gasteiger partial charge >= 0.3 is 5.97 Å². The second-order valence-electron chi connectivity index (χ2n) is 7.38. The molecule has 0 bridgehead atoms. The first-order chi connectivity index (χ1) is 14.9. The van der Waals surface area contributed by atoms with Gasteiger partial charge in [0.2, 0.25) is 10.0 Å². The number of esters is 1. The van der Waals surface area contributed by atoms with Crippen LogP contribution in [0, 0.1) is 0 Å². The molecule has 3 aromatic rings.